The summed E-state index contributed by atoms with van der Waals surface area (Å²) in [6, 6.07) is 6.46. The molecule has 0 aromatic heterocycles. The zero-order chi connectivity index (χ0) is 8.27. The average Bonchev–Trinajstić information content (AvgIpc) is 1.97. The van der Waals surface area contributed by atoms with E-state index < -0.39 is 0 Å². The lowest BCUT2D eigenvalue weighted by molar-refractivity contribution is 1.10. The van der Waals surface area contributed by atoms with Gasteiger partial charge < -0.3 is 0 Å². The van der Waals surface area contributed by atoms with Gasteiger partial charge in [0.05, 0.1) is 0 Å². The van der Waals surface area contributed by atoms with Crippen molar-refractivity contribution < 1.29 is 0 Å². The van der Waals surface area contributed by atoms with E-state index in [4.69, 9.17) is 0 Å². The van der Waals surface area contributed by atoms with Gasteiger partial charge in [-0.2, -0.15) is 0 Å². The van der Waals surface area contributed by atoms with Crippen LogP contribution in [0.4, 0.5) is 0 Å². The van der Waals surface area contributed by atoms with E-state index in [1.807, 2.05) is 0 Å². The molecule has 1 rings (SSSR count). The number of benzene rings is 1. The molecule has 60 valence electrons. The molecular formula is C10H13Br. The Hall–Kier alpha value is -0.300. The molecule has 0 heterocycles. The molecule has 0 aliphatic carbocycles. The summed E-state index contributed by atoms with van der Waals surface area (Å²) in [6.07, 6.45) is 1.14. The Kier molecular flexibility index (Phi) is 3.13. The fourth-order valence-electron chi connectivity index (χ4n) is 1.34. The van der Waals surface area contributed by atoms with Crippen molar-refractivity contribution in [1.82, 2.24) is 0 Å². The summed E-state index contributed by atoms with van der Waals surface area (Å²) in [5, 5.41) is 1.05. The number of rotatable bonds is 2. The van der Waals surface area contributed by atoms with Gasteiger partial charge in [0.1, 0.15) is 0 Å². The summed E-state index contributed by atoms with van der Waals surface area (Å²) in [5.74, 6) is 0. The molecule has 0 saturated heterocycles. The van der Waals surface area contributed by atoms with E-state index in [1.54, 1.807) is 0 Å². The van der Waals surface area contributed by atoms with Crippen LogP contribution in [0.2, 0.25) is 0 Å². The third-order valence-electron chi connectivity index (χ3n) is 1.99. The Bertz CT molecular complexity index is 220. The van der Waals surface area contributed by atoms with Crippen LogP contribution in [0.3, 0.4) is 0 Å². The van der Waals surface area contributed by atoms with Crippen LogP contribution < -0.4 is 0 Å². The molecule has 0 N–H and O–H groups in total. The Morgan fingerprint density at radius 3 is 2.18 bits per heavy atom. The summed E-state index contributed by atoms with van der Waals surface area (Å²) >= 11 is 3.45. The summed E-state index contributed by atoms with van der Waals surface area (Å²) in [7, 11) is 0. The van der Waals surface area contributed by atoms with Crippen LogP contribution in [0.25, 0.3) is 0 Å². The topological polar surface area (TPSA) is 0 Å². The van der Waals surface area contributed by atoms with Crippen molar-refractivity contribution in [3.05, 3.63) is 34.9 Å². The Labute approximate surface area is 76.8 Å². The van der Waals surface area contributed by atoms with Gasteiger partial charge in [-0.25, -0.2) is 0 Å². The predicted octanol–water partition coefficient (Wildman–Crippen LogP) is 3.24. The number of alkyl halides is 1. The molecule has 0 fully saturated rings. The van der Waals surface area contributed by atoms with Crippen LogP contribution in [0.1, 0.15) is 16.7 Å². The van der Waals surface area contributed by atoms with Crippen molar-refractivity contribution in [2.75, 3.05) is 5.33 Å². The highest BCUT2D eigenvalue weighted by Crippen LogP contribution is 2.14. The second-order valence-corrected chi connectivity index (χ2v) is 3.60. The molecule has 1 heteroatoms. The minimum Gasteiger partial charge on any atom is -0.0924 e. The van der Waals surface area contributed by atoms with Crippen molar-refractivity contribution in [2.24, 2.45) is 0 Å². The maximum Gasteiger partial charge on any atom is 0.00720 e. The normalized spacial score (nSPS) is 10.1. The highest BCUT2D eigenvalue weighted by Gasteiger charge is 1.99. The maximum atomic E-state index is 3.45. The fraction of sp³-hybridized carbons (Fsp3) is 0.400. The minimum atomic E-state index is 1.05. The Balaban J connectivity index is 3.00. The quantitative estimate of drug-likeness (QED) is 0.661. The zero-order valence-electron chi connectivity index (χ0n) is 7.02. The lowest BCUT2D eigenvalue weighted by Gasteiger charge is -2.06. The van der Waals surface area contributed by atoms with Crippen LogP contribution >= 0.6 is 15.9 Å². The van der Waals surface area contributed by atoms with E-state index in [-0.39, 0.29) is 0 Å². The molecule has 1 aromatic rings. The average molecular weight is 213 g/mol. The molecule has 0 aliphatic rings. The number of halogens is 1. The molecule has 11 heavy (non-hydrogen) atoms. The zero-order valence-corrected chi connectivity index (χ0v) is 8.61. The molecule has 0 nitrogen and oxygen atoms in total. The highest BCUT2D eigenvalue weighted by atomic mass is 79.9. The van der Waals surface area contributed by atoms with Crippen LogP contribution in [-0.2, 0) is 6.42 Å². The molecule has 1 aromatic carbocycles. The monoisotopic (exact) mass is 212 g/mol. The van der Waals surface area contributed by atoms with Crippen LogP contribution in [-0.4, -0.2) is 5.33 Å². The largest absolute Gasteiger partial charge is 0.0924 e. The molecule has 0 aliphatic heterocycles. The van der Waals surface area contributed by atoms with Crippen molar-refractivity contribution in [3.63, 3.8) is 0 Å². The predicted molar refractivity (Wildman–Crippen MR) is 53.4 cm³/mol. The first-order valence-corrected chi connectivity index (χ1v) is 4.99. The number of hydrogen-bond donors (Lipinski definition) is 0. The van der Waals surface area contributed by atoms with Crippen molar-refractivity contribution >= 4 is 15.9 Å². The van der Waals surface area contributed by atoms with Gasteiger partial charge in [0.2, 0.25) is 0 Å². The SMILES string of the molecule is Cc1cccc(C)c1CCBr. The first-order valence-electron chi connectivity index (χ1n) is 3.86. The molecule has 0 bridgehead atoms. The van der Waals surface area contributed by atoms with Crippen LogP contribution in [0.15, 0.2) is 18.2 Å². The van der Waals surface area contributed by atoms with Gasteiger partial charge in [-0.3, -0.25) is 0 Å². The lowest BCUT2D eigenvalue weighted by Crippen LogP contribution is -1.93. The van der Waals surface area contributed by atoms with E-state index in [1.165, 1.54) is 16.7 Å². The molecule has 0 spiro atoms. The molecule has 0 atom stereocenters. The van der Waals surface area contributed by atoms with E-state index >= 15 is 0 Å². The van der Waals surface area contributed by atoms with E-state index in [2.05, 4.69) is 48.0 Å². The third kappa shape index (κ3) is 2.06. The summed E-state index contributed by atoms with van der Waals surface area (Å²) in [4.78, 5) is 0. The second kappa shape index (κ2) is 3.91. The molecule has 0 saturated carbocycles. The summed E-state index contributed by atoms with van der Waals surface area (Å²) in [5.41, 5.74) is 4.30. The van der Waals surface area contributed by atoms with E-state index in [0.29, 0.717) is 0 Å². The number of aryl methyl sites for hydroxylation is 2. The Morgan fingerprint density at radius 1 is 1.18 bits per heavy atom. The molecule has 0 radical (unpaired) electrons. The molecule has 0 unspecified atom stereocenters. The lowest BCUT2D eigenvalue weighted by atomic mass is 10.0. The van der Waals surface area contributed by atoms with E-state index in [9.17, 15) is 0 Å². The van der Waals surface area contributed by atoms with Gasteiger partial charge in [-0.05, 0) is 37.0 Å². The summed E-state index contributed by atoms with van der Waals surface area (Å²) < 4.78 is 0. The minimum absolute atomic E-state index is 1.05. The summed E-state index contributed by atoms with van der Waals surface area (Å²) in [6.45, 7) is 4.34. The van der Waals surface area contributed by atoms with Crippen LogP contribution in [0, 0.1) is 13.8 Å². The van der Waals surface area contributed by atoms with Gasteiger partial charge in [0, 0.05) is 5.33 Å². The van der Waals surface area contributed by atoms with Gasteiger partial charge in [-0.15, -0.1) is 0 Å². The van der Waals surface area contributed by atoms with Crippen molar-refractivity contribution in [3.8, 4) is 0 Å². The smallest absolute Gasteiger partial charge is 0.00720 e. The molecular weight excluding hydrogens is 200 g/mol. The van der Waals surface area contributed by atoms with Gasteiger partial charge in [-0.1, -0.05) is 34.1 Å². The van der Waals surface area contributed by atoms with Gasteiger partial charge in [0.15, 0.2) is 0 Å². The van der Waals surface area contributed by atoms with Crippen molar-refractivity contribution in [1.29, 1.82) is 0 Å². The van der Waals surface area contributed by atoms with Gasteiger partial charge in [0.25, 0.3) is 0 Å². The van der Waals surface area contributed by atoms with Crippen LogP contribution in [0.5, 0.6) is 0 Å². The fourth-order valence-corrected chi connectivity index (χ4v) is 1.73. The third-order valence-corrected chi connectivity index (χ3v) is 2.39. The highest BCUT2D eigenvalue weighted by molar-refractivity contribution is 9.09. The second-order valence-electron chi connectivity index (χ2n) is 2.81. The number of hydrogen-bond acceptors (Lipinski definition) is 0. The van der Waals surface area contributed by atoms with Gasteiger partial charge >= 0.3 is 0 Å². The maximum absolute atomic E-state index is 3.45. The first kappa shape index (κ1) is 8.79. The standard InChI is InChI=1S/C10H13Br/c1-8-4-3-5-9(2)10(8)6-7-11/h3-5H,6-7H2,1-2H3. The first-order chi connectivity index (χ1) is 5.25. The molecule has 0 amide bonds. The van der Waals surface area contributed by atoms with E-state index in [0.717, 1.165) is 11.8 Å². The van der Waals surface area contributed by atoms with Crippen molar-refractivity contribution in [2.45, 2.75) is 20.3 Å². The Morgan fingerprint density at radius 2 is 1.73 bits per heavy atom.